The average Bonchev–Trinajstić information content (AvgIpc) is 2.17. The maximum Gasteiger partial charge on any atom is 0.335 e. The third kappa shape index (κ3) is 2.77. The molecule has 4 N–H and O–H groups in total. The number of aliphatic carboxylic acids is 1. The maximum atomic E-state index is 10.2. The standard InChI is InChI=1S/C7H9NO6/c8-1-3(2-9)4(10)5(11)6(12)7(13)14/h2-6,10-12H,(H,13,14)/t3-,4+,5-,6-/m0/s1. The van der Waals surface area contributed by atoms with Gasteiger partial charge in [0.2, 0.25) is 0 Å². The molecule has 0 amide bonds. The predicted octanol–water partition coefficient (Wildman–Crippen LogP) is -2.51. The van der Waals surface area contributed by atoms with Crippen LogP contribution in [-0.4, -0.2) is 51.0 Å². The van der Waals surface area contributed by atoms with Crippen molar-refractivity contribution >= 4 is 12.3 Å². The van der Waals surface area contributed by atoms with E-state index in [1.165, 1.54) is 6.07 Å². The Morgan fingerprint density at radius 3 is 2.07 bits per heavy atom. The van der Waals surface area contributed by atoms with Gasteiger partial charge in [-0.1, -0.05) is 0 Å². The molecule has 0 aliphatic heterocycles. The van der Waals surface area contributed by atoms with Gasteiger partial charge in [-0.25, -0.2) is 4.79 Å². The quantitative estimate of drug-likeness (QED) is 0.362. The van der Waals surface area contributed by atoms with E-state index in [0.29, 0.717) is 0 Å². The maximum absolute atomic E-state index is 10.2. The van der Waals surface area contributed by atoms with Gasteiger partial charge in [-0.3, -0.25) is 0 Å². The summed E-state index contributed by atoms with van der Waals surface area (Å²) in [5.74, 6) is -3.32. The SMILES string of the molecule is N#C[C@@H](C=O)[C@@H](O)[C@H](O)[C@H](O)C(=O)O. The minimum Gasteiger partial charge on any atom is -0.479 e. The van der Waals surface area contributed by atoms with Gasteiger partial charge in [-0.05, 0) is 0 Å². The molecule has 0 rings (SSSR count). The number of carboxylic acid groups (broad SMARTS) is 1. The first-order valence-electron chi connectivity index (χ1n) is 3.57. The fourth-order valence-electron chi connectivity index (χ4n) is 0.733. The van der Waals surface area contributed by atoms with Crippen molar-refractivity contribution in [1.82, 2.24) is 0 Å². The molecule has 0 saturated heterocycles. The highest BCUT2D eigenvalue weighted by molar-refractivity contribution is 5.73. The van der Waals surface area contributed by atoms with E-state index in [-0.39, 0.29) is 6.29 Å². The summed E-state index contributed by atoms with van der Waals surface area (Å²) in [5.41, 5.74) is 0. The number of nitriles is 1. The largest absolute Gasteiger partial charge is 0.479 e. The average molecular weight is 203 g/mol. The molecule has 14 heavy (non-hydrogen) atoms. The second-order valence-corrected chi connectivity index (χ2v) is 2.56. The van der Waals surface area contributed by atoms with Gasteiger partial charge in [-0.15, -0.1) is 0 Å². The van der Waals surface area contributed by atoms with Crippen LogP contribution in [0.3, 0.4) is 0 Å². The Labute approximate surface area is 78.8 Å². The number of hydrogen-bond donors (Lipinski definition) is 4. The normalized spacial score (nSPS) is 18.7. The lowest BCUT2D eigenvalue weighted by molar-refractivity contribution is -0.159. The van der Waals surface area contributed by atoms with Crippen molar-refractivity contribution in [3.8, 4) is 6.07 Å². The van der Waals surface area contributed by atoms with Crippen molar-refractivity contribution in [2.24, 2.45) is 5.92 Å². The van der Waals surface area contributed by atoms with Crippen LogP contribution in [0.25, 0.3) is 0 Å². The molecule has 0 bridgehead atoms. The predicted molar refractivity (Wildman–Crippen MR) is 40.8 cm³/mol. The summed E-state index contributed by atoms with van der Waals surface area (Å²) in [7, 11) is 0. The fourth-order valence-corrected chi connectivity index (χ4v) is 0.733. The Morgan fingerprint density at radius 1 is 1.29 bits per heavy atom. The molecule has 7 heteroatoms. The van der Waals surface area contributed by atoms with Crippen LogP contribution < -0.4 is 0 Å². The van der Waals surface area contributed by atoms with Crippen LogP contribution in [0, 0.1) is 17.2 Å². The Hall–Kier alpha value is -1.49. The zero-order chi connectivity index (χ0) is 11.3. The van der Waals surface area contributed by atoms with Crippen LogP contribution in [-0.2, 0) is 9.59 Å². The van der Waals surface area contributed by atoms with Crippen LogP contribution in [0.4, 0.5) is 0 Å². The zero-order valence-corrected chi connectivity index (χ0v) is 6.94. The minimum absolute atomic E-state index is 0.0580. The first-order chi connectivity index (χ1) is 6.45. The highest BCUT2D eigenvalue weighted by Gasteiger charge is 2.34. The van der Waals surface area contributed by atoms with E-state index < -0.39 is 30.2 Å². The zero-order valence-electron chi connectivity index (χ0n) is 6.94. The second kappa shape index (κ2) is 5.29. The third-order valence-electron chi connectivity index (χ3n) is 1.59. The second-order valence-electron chi connectivity index (χ2n) is 2.56. The van der Waals surface area contributed by atoms with E-state index >= 15 is 0 Å². The first-order valence-corrected chi connectivity index (χ1v) is 3.57. The molecule has 0 aromatic carbocycles. The molecule has 0 unspecified atom stereocenters. The van der Waals surface area contributed by atoms with Crippen molar-refractivity contribution in [2.45, 2.75) is 18.3 Å². The van der Waals surface area contributed by atoms with Gasteiger partial charge in [-0.2, -0.15) is 5.26 Å². The Morgan fingerprint density at radius 2 is 1.79 bits per heavy atom. The fraction of sp³-hybridized carbons (Fsp3) is 0.571. The van der Waals surface area contributed by atoms with Crippen molar-refractivity contribution < 1.29 is 30.0 Å². The summed E-state index contributed by atoms with van der Waals surface area (Å²) in [5, 5.41) is 43.4. The first kappa shape index (κ1) is 12.5. The molecule has 78 valence electrons. The number of rotatable bonds is 5. The molecule has 0 aromatic rings. The van der Waals surface area contributed by atoms with Gasteiger partial charge in [0.1, 0.15) is 24.4 Å². The van der Waals surface area contributed by atoms with Crippen LogP contribution >= 0.6 is 0 Å². The van der Waals surface area contributed by atoms with Gasteiger partial charge >= 0.3 is 5.97 Å². The summed E-state index contributed by atoms with van der Waals surface area (Å²) in [4.78, 5) is 20.3. The number of aliphatic hydroxyl groups excluding tert-OH is 3. The minimum atomic E-state index is -2.24. The van der Waals surface area contributed by atoms with E-state index in [0.717, 1.165) is 0 Å². The number of nitrogens with zero attached hydrogens (tertiary/aromatic N) is 1. The molecule has 0 aliphatic carbocycles. The molecule has 0 aromatic heterocycles. The van der Waals surface area contributed by atoms with E-state index in [1.54, 1.807) is 0 Å². The number of hydrogen-bond acceptors (Lipinski definition) is 6. The number of carboxylic acids is 1. The summed E-state index contributed by atoms with van der Waals surface area (Å²) in [6.45, 7) is 0. The van der Waals surface area contributed by atoms with E-state index in [2.05, 4.69) is 0 Å². The van der Waals surface area contributed by atoms with Crippen molar-refractivity contribution in [1.29, 1.82) is 5.26 Å². The van der Waals surface area contributed by atoms with Crippen LogP contribution in [0.15, 0.2) is 0 Å². The van der Waals surface area contributed by atoms with E-state index in [1.807, 2.05) is 0 Å². The van der Waals surface area contributed by atoms with Crippen molar-refractivity contribution in [3.63, 3.8) is 0 Å². The molecule has 0 saturated carbocycles. The molecule has 7 nitrogen and oxygen atoms in total. The van der Waals surface area contributed by atoms with Crippen molar-refractivity contribution in [2.75, 3.05) is 0 Å². The van der Waals surface area contributed by atoms with Gasteiger partial charge in [0, 0.05) is 0 Å². The number of aliphatic hydroxyl groups is 3. The summed E-state index contributed by atoms with van der Waals surface area (Å²) >= 11 is 0. The van der Waals surface area contributed by atoms with E-state index in [9.17, 15) is 9.59 Å². The molecule has 0 fully saturated rings. The van der Waals surface area contributed by atoms with Crippen LogP contribution in [0.5, 0.6) is 0 Å². The molecule has 0 spiro atoms. The molecular weight excluding hydrogens is 194 g/mol. The number of aldehydes is 1. The van der Waals surface area contributed by atoms with Crippen LogP contribution in [0.1, 0.15) is 0 Å². The lowest BCUT2D eigenvalue weighted by Gasteiger charge is -2.20. The highest BCUT2D eigenvalue weighted by Crippen LogP contribution is 2.08. The molecule has 4 atom stereocenters. The van der Waals surface area contributed by atoms with Crippen molar-refractivity contribution in [3.05, 3.63) is 0 Å². The Balaban J connectivity index is 4.53. The molecular formula is C7H9NO6. The lowest BCUT2D eigenvalue weighted by Crippen LogP contribution is -2.45. The highest BCUT2D eigenvalue weighted by atomic mass is 16.4. The van der Waals surface area contributed by atoms with E-state index in [4.69, 9.17) is 25.7 Å². The topological polar surface area (TPSA) is 139 Å². The number of carbonyl (C=O) groups is 2. The summed E-state index contributed by atoms with van der Waals surface area (Å²) in [6.07, 6.45) is -6.19. The Bertz CT molecular complexity index is 259. The van der Waals surface area contributed by atoms with Gasteiger partial charge in [0.25, 0.3) is 0 Å². The third-order valence-corrected chi connectivity index (χ3v) is 1.59. The summed E-state index contributed by atoms with van der Waals surface area (Å²) in [6, 6.07) is 1.34. The van der Waals surface area contributed by atoms with Gasteiger partial charge in [0.05, 0.1) is 6.07 Å². The summed E-state index contributed by atoms with van der Waals surface area (Å²) < 4.78 is 0. The lowest BCUT2D eigenvalue weighted by atomic mass is 9.97. The molecule has 0 heterocycles. The van der Waals surface area contributed by atoms with Gasteiger partial charge in [0.15, 0.2) is 6.10 Å². The molecule has 0 radical (unpaired) electrons. The Kier molecular flexibility index (Phi) is 4.72. The van der Waals surface area contributed by atoms with Gasteiger partial charge < -0.3 is 25.2 Å². The van der Waals surface area contributed by atoms with Crippen LogP contribution in [0.2, 0.25) is 0 Å². The monoisotopic (exact) mass is 203 g/mol. The number of carbonyl (C=O) groups excluding carboxylic acids is 1. The smallest absolute Gasteiger partial charge is 0.335 e. The molecule has 0 aliphatic rings.